The molecule has 0 spiro atoms. The van der Waals surface area contributed by atoms with E-state index in [1.807, 2.05) is 0 Å². The number of nitrogens with two attached hydrogens (primary N) is 1. The van der Waals surface area contributed by atoms with E-state index in [1.165, 1.54) is 11.4 Å². The molecular formula is C14H16BrN3. The van der Waals surface area contributed by atoms with Gasteiger partial charge in [-0.1, -0.05) is 28.1 Å². The third kappa shape index (κ3) is 2.49. The van der Waals surface area contributed by atoms with E-state index in [2.05, 4.69) is 51.0 Å². The molecule has 0 bridgehead atoms. The van der Waals surface area contributed by atoms with Crippen LogP contribution in [0.5, 0.6) is 0 Å². The van der Waals surface area contributed by atoms with Crippen molar-refractivity contribution in [1.82, 2.24) is 9.55 Å². The van der Waals surface area contributed by atoms with E-state index in [0.29, 0.717) is 0 Å². The van der Waals surface area contributed by atoms with Crippen LogP contribution in [0.15, 0.2) is 34.9 Å². The number of hydrogen-bond donors (Lipinski definition) is 1. The van der Waals surface area contributed by atoms with Crippen molar-refractivity contribution in [3.8, 4) is 0 Å². The van der Waals surface area contributed by atoms with E-state index in [9.17, 15) is 0 Å². The van der Waals surface area contributed by atoms with Crippen molar-refractivity contribution in [1.29, 1.82) is 0 Å². The van der Waals surface area contributed by atoms with Gasteiger partial charge < -0.3 is 10.3 Å². The number of hydrogen-bond acceptors (Lipinski definition) is 2. The Morgan fingerprint density at radius 2 is 2.11 bits per heavy atom. The summed E-state index contributed by atoms with van der Waals surface area (Å²) in [6, 6.07) is 8.69. The molecule has 1 aliphatic heterocycles. The van der Waals surface area contributed by atoms with Crippen molar-refractivity contribution >= 4 is 15.9 Å². The quantitative estimate of drug-likeness (QED) is 0.926. The highest BCUT2D eigenvalue weighted by Gasteiger charge is 2.17. The standard InChI is InChI=1S/C14H16BrN3/c15-11-3-1-10(2-4-11)7-13-9-18-8-12(16)5-6-14(18)17-13/h1-4,9,12H,5-8,16H2. The lowest BCUT2D eigenvalue weighted by Gasteiger charge is -2.19. The van der Waals surface area contributed by atoms with Crippen molar-refractivity contribution in [3.63, 3.8) is 0 Å². The molecule has 0 fully saturated rings. The van der Waals surface area contributed by atoms with E-state index in [0.717, 1.165) is 36.0 Å². The number of fused-ring (bicyclic) bond motifs is 1. The molecule has 1 aromatic heterocycles. The highest BCUT2D eigenvalue weighted by molar-refractivity contribution is 9.10. The molecule has 0 saturated carbocycles. The molecule has 0 saturated heterocycles. The lowest BCUT2D eigenvalue weighted by atomic mass is 10.1. The van der Waals surface area contributed by atoms with E-state index < -0.39 is 0 Å². The van der Waals surface area contributed by atoms with Gasteiger partial charge in [0.05, 0.1) is 5.69 Å². The second kappa shape index (κ2) is 4.86. The summed E-state index contributed by atoms with van der Waals surface area (Å²) in [5.41, 5.74) is 8.40. The minimum absolute atomic E-state index is 0.284. The summed E-state index contributed by atoms with van der Waals surface area (Å²) in [6.07, 6.45) is 5.09. The second-order valence-corrected chi connectivity index (χ2v) is 5.82. The van der Waals surface area contributed by atoms with Crippen LogP contribution in [0.3, 0.4) is 0 Å². The molecule has 0 aliphatic carbocycles. The Hall–Kier alpha value is -1.13. The summed E-state index contributed by atoms with van der Waals surface area (Å²) in [4.78, 5) is 4.70. The average Bonchev–Trinajstić information content (AvgIpc) is 2.73. The maximum absolute atomic E-state index is 5.97. The molecule has 0 radical (unpaired) electrons. The number of aromatic nitrogens is 2. The van der Waals surface area contributed by atoms with Gasteiger partial charge in [-0.05, 0) is 24.1 Å². The fourth-order valence-corrected chi connectivity index (χ4v) is 2.69. The Balaban J connectivity index is 1.79. The number of nitrogens with zero attached hydrogens (tertiary/aromatic N) is 2. The normalized spacial score (nSPS) is 18.7. The zero-order chi connectivity index (χ0) is 12.5. The molecule has 1 atom stereocenters. The van der Waals surface area contributed by atoms with Crippen molar-refractivity contribution in [3.05, 3.63) is 52.0 Å². The van der Waals surface area contributed by atoms with Gasteiger partial charge in [-0.15, -0.1) is 0 Å². The Labute approximate surface area is 115 Å². The molecule has 1 unspecified atom stereocenters. The van der Waals surface area contributed by atoms with Crippen LogP contribution in [0.2, 0.25) is 0 Å². The van der Waals surface area contributed by atoms with Gasteiger partial charge in [0.2, 0.25) is 0 Å². The molecule has 4 heteroatoms. The van der Waals surface area contributed by atoms with Crippen LogP contribution >= 0.6 is 15.9 Å². The summed E-state index contributed by atoms with van der Waals surface area (Å²) >= 11 is 3.45. The molecule has 3 rings (SSSR count). The maximum atomic E-state index is 5.97. The van der Waals surface area contributed by atoms with Crippen molar-refractivity contribution in [2.24, 2.45) is 5.73 Å². The molecule has 2 aromatic rings. The Morgan fingerprint density at radius 1 is 1.33 bits per heavy atom. The third-order valence-electron chi connectivity index (χ3n) is 3.38. The van der Waals surface area contributed by atoms with Gasteiger partial charge in [0, 0.05) is 36.1 Å². The molecule has 3 nitrogen and oxygen atoms in total. The zero-order valence-corrected chi connectivity index (χ0v) is 11.7. The second-order valence-electron chi connectivity index (χ2n) is 4.90. The van der Waals surface area contributed by atoms with Crippen molar-refractivity contribution < 1.29 is 0 Å². The molecule has 94 valence electrons. The molecule has 1 aromatic carbocycles. The highest BCUT2D eigenvalue weighted by Crippen LogP contribution is 2.17. The van der Waals surface area contributed by atoms with Crippen LogP contribution in [0.4, 0.5) is 0 Å². The summed E-state index contributed by atoms with van der Waals surface area (Å²) in [5.74, 6) is 1.18. The predicted molar refractivity (Wildman–Crippen MR) is 75.5 cm³/mol. The number of halogens is 1. The van der Waals surface area contributed by atoms with Gasteiger partial charge in [-0.25, -0.2) is 4.98 Å². The fraction of sp³-hybridized carbons (Fsp3) is 0.357. The van der Waals surface area contributed by atoms with Gasteiger partial charge in [-0.3, -0.25) is 0 Å². The number of rotatable bonds is 2. The number of benzene rings is 1. The summed E-state index contributed by atoms with van der Waals surface area (Å²) in [5, 5.41) is 0. The van der Waals surface area contributed by atoms with Crippen LogP contribution in [-0.4, -0.2) is 15.6 Å². The van der Waals surface area contributed by atoms with E-state index >= 15 is 0 Å². The minimum Gasteiger partial charge on any atom is -0.333 e. The van der Waals surface area contributed by atoms with Gasteiger partial charge >= 0.3 is 0 Å². The van der Waals surface area contributed by atoms with Crippen LogP contribution in [0, 0.1) is 0 Å². The van der Waals surface area contributed by atoms with Gasteiger partial charge in [0.15, 0.2) is 0 Å². The summed E-state index contributed by atoms with van der Waals surface area (Å²) in [7, 11) is 0. The smallest absolute Gasteiger partial charge is 0.109 e. The number of aryl methyl sites for hydroxylation is 1. The van der Waals surface area contributed by atoms with Gasteiger partial charge in [-0.2, -0.15) is 0 Å². The van der Waals surface area contributed by atoms with E-state index in [4.69, 9.17) is 10.7 Å². The summed E-state index contributed by atoms with van der Waals surface area (Å²) < 4.78 is 3.32. The van der Waals surface area contributed by atoms with Crippen LogP contribution in [0.25, 0.3) is 0 Å². The first-order chi connectivity index (χ1) is 8.70. The van der Waals surface area contributed by atoms with Crippen LogP contribution in [0.1, 0.15) is 23.5 Å². The van der Waals surface area contributed by atoms with Gasteiger partial charge in [0.25, 0.3) is 0 Å². The molecule has 0 amide bonds. The Kier molecular flexibility index (Phi) is 3.22. The predicted octanol–water partition coefficient (Wildman–Crippen LogP) is 2.51. The molecule has 2 heterocycles. The first-order valence-electron chi connectivity index (χ1n) is 6.25. The summed E-state index contributed by atoms with van der Waals surface area (Å²) in [6.45, 7) is 0.905. The molecular weight excluding hydrogens is 290 g/mol. The van der Waals surface area contributed by atoms with Crippen LogP contribution < -0.4 is 5.73 Å². The molecule has 1 aliphatic rings. The topological polar surface area (TPSA) is 43.8 Å². The first kappa shape index (κ1) is 11.9. The largest absolute Gasteiger partial charge is 0.333 e. The first-order valence-corrected chi connectivity index (χ1v) is 7.05. The zero-order valence-electron chi connectivity index (χ0n) is 10.1. The molecule has 2 N–H and O–H groups in total. The Morgan fingerprint density at radius 3 is 2.89 bits per heavy atom. The lowest BCUT2D eigenvalue weighted by Crippen LogP contribution is -2.31. The molecule has 18 heavy (non-hydrogen) atoms. The minimum atomic E-state index is 0.284. The number of imidazole rings is 1. The SMILES string of the molecule is NC1CCc2nc(Cc3ccc(Br)cc3)cn2C1. The Bertz CT molecular complexity index is 545. The van der Waals surface area contributed by atoms with Crippen LogP contribution in [-0.2, 0) is 19.4 Å². The third-order valence-corrected chi connectivity index (χ3v) is 3.91. The van der Waals surface area contributed by atoms with Crippen molar-refractivity contribution in [2.45, 2.75) is 31.8 Å². The average molecular weight is 306 g/mol. The van der Waals surface area contributed by atoms with Gasteiger partial charge in [0.1, 0.15) is 5.82 Å². The maximum Gasteiger partial charge on any atom is 0.109 e. The van der Waals surface area contributed by atoms with Crippen molar-refractivity contribution in [2.75, 3.05) is 0 Å². The van der Waals surface area contributed by atoms with E-state index in [-0.39, 0.29) is 6.04 Å². The van der Waals surface area contributed by atoms with E-state index in [1.54, 1.807) is 0 Å². The lowest BCUT2D eigenvalue weighted by molar-refractivity contribution is 0.453. The highest BCUT2D eigenvalue weighted by atomic mass is 79.9. The monoisotopic (exact) mass is 305 g/mol. The fourth-order valence-electron chi connectivity index (χ4n) is 2.43.